The van der Waals surface area contributed by atoms with Crippen LogP contribution in [0.2, 0.25) is 0 Å². The van der Waals surface area contributed by atoms with Crippen LogP contribution in [0.5, 0.6) is 0 Å². The highest BCUT2D eigenvalue weighted by Gasteiger charge is 1.84. The Hall–Kier alpha value is -1.66. The van der Waals surface area contributed by atoms with E-state index >= 15 is 0 Å². The molecule has 0 aromatic heterocycles. The SMILES string of the molecule is C=CC#CC#CC(=S)C=CC(=S)C#CC. The van der Waals surface area contributed by atoms with Crippen LogP contribution in [0.15, 0.2) is 24.8 Å². The van der Waals surface area contributed by atoms with E-state index in [2.05, 4.69) is 42.1 Å². The van der Waals surface area contributed by atoms with Gasteiger partial charge in [0, 0.05) is 0 Å². The van der Waals surface area contributed by atoms with E-state index in [0.29, 0.717) is 9.73 Å². The third kappa shape index (κ3) is 8.66. The molecule has 0 saturated carbocycles. The van der Waals surface area contributed by atoms with Gasteiger partial charge in [-0.2, -0.15) is 0 Å². The first-order chi connectivity index (χ1) is 7.20. The molecule has 0 bridgehead atoms. The maximum Gasteiger partial charge on any atom is 0.0886 e. The third-order valence-electron chi connectivity index (χ3n) is 1.06. The predicted octanol–water partition coefficient (Wildman–Crippen LogP) is 2.50. The van der Waals surface area contributed by atoms with E-state index in [1.165, 1.54) is 6.08 Å². The summed E-state index contributed by atoms with van der Waals surface area (Å²) in [4.78, 5) is 1.02. The van der Waals surface area contributed by atoms with Crippen molar-refractivity contribution in [1.29, 1.82) is 0 Å². The van der Waals surface area contributed by atoms with Gasteiger partial charge in [-0.05, 0) is 42.9 Å². The summed E-state index contributed by atoms with van der Waals surface area (Å²) in [6.45, 7) is 5.16. The van der Waals surface area contributed by atoms with E-state index in [1.807, 2.05) is 0 Å². The Morgan fingerprint density at radius 1 is 1.07 bits per heavy atom. The molecule has 0 amide bonds. The molecular weight excluding hydrogens is 220 g/mol. The maximum absolute atomic E-state index is 4.94. The summed E-state index contributed by atoms with van der Waals surface area (Å²) in [6, 6.07) is 0. The van der Waals surface area contributed by atoms with Crippen LogP contribution in [-0.4, -0.2) is 9.73 Å². The maximum atomic E-state index is 4.94. The number of allylic oxidation sites excluding steroid dienone is 3. The summed E-state index contributed by atoms with van der Waals surface area (Å²) in [7, 11) is 0. The van der Waals surface area contributed by atoms with Gasteiger partial charge in [0.15, 0.2) is 0 Å². The molecular formula is C13H8S2. The number of hydrogen-bond donors (Lipinski definition) is 0. The fraction of sp³-hybridized carbons (Fsp3) is 0.0769. The van der Waals surface area contributed by atoms with Crippen molar-refractivity contribution in [3.63, 3.8) is 0 Å². The number of thiocarbonyl (C=S) groups is 2. The van der Waals surface area contributed by atoms with Gasteiger partial charge in [-0.25, -0.2) is 0 Å². The smallest absolute Gasteiger partial charge is 0.0886 e. The minimum absolute atomic E-state index is 0.480. The zero-order chi connectivity index (χ0) is 11.5. The van der Waals surface area contributed by atoms with E-state index in [4.69, 9.17) is 24.4 Å². The van der Waals surface area contributed by atoms with Gasteiger partial charge in [-0.15, -0.1) is 5.92 Å². The van der Waals surface area contributed by atoms with Gasteiger partial charge in [-0.3, -0.25) is 0 Å². The van der Waals surface area contributed by atoms with E-state index < -0.39 is 0 Å². The highest BCUT2D eigenvalue weighted by Crippen LogP contribution is 1.83. The molecule has 0 N–H and O–H groups in total. The second-order valence-corrected chi connectivity index (χ2v) is 3.04. The van der Waals surface area contributed by atoms with Gasteiger partial charge in [-0.1, -0.05) is 42.9 Å². The standard InChI is InChI=1S/C13H8S2/c1-3-5-6-7-9-13(15)11-10-12(14)8-4-2/h3,10-11H,1H2,2H3. The van der Waals surface area contributed by atoms with Crippen molar-refractivity contribution in [2.45, 2.75) is 6.92 Å². The van der Waals surface area contributed by atoms with Crippen LogP contribution in [0.3, 0.4) is 0 Å². The monoisotopic (exact) mass is 228 g/mol. The molecule has 0 heterocycles. The summed E-state index contributed by atoms with van der Waals surface area (Å²) in [6.07, 6.45) is 4.77. The van der Waals surface area contributed by atoms with E-state index in [9.17, 15) is 0 Å². The fourth-order valence-electron chi connectivity index (χ4n) is 0.538. The summed E-state index contributed by atoms with van der Waals surface area (Å²) >= 11 is 9.86. The molecule has 0 fully saturated rings. The average molecular weight is 228 g/mol. The Balaban J connectivity index is 4.34. The molecule has 72 valence electrons. The van der Waals surface area contributed by atoms with Gasteiger partial charge in [0.25, 0.3) is 0 Å². The second kappa shape index (κ2) is 8.92. The van der Waals surface area contributed by atoms with Crippen molar-refractivity contribution in [3.05, 3.63) is 24.8 Å². The molecule has 15 heavy (non-hydrogen) atoms. The van der Waals surface area contributed by atoms with Crippen molar-refractivity contribution in [1.82, 2.24) is 0 Å². The zero-order valence-electron chi connectivity index (χ0n) is 8.26. The van der Waals surface area contributed by atoms with Crippen LogP contribution in [0, 0.1) is 35.5 Å². The normalized spacial score (nSPS) is 7.27. The predicted molar refractivity (Wildman–Crippen MR) is 73.5 cm³/mol. The van der Waals surface area contributed by atoms with Crippen molar-refractivity contribution < 1.29 is 0 Å². The summed E-state index contributed by atoms with van der Waals surface area (Å²) in [5, 5.41) is 0. The lowest BCUT2D eigenvalue weighted by Gasteiger charge is -1.81. The van der Waals surface area contributed by atoms with Gasteiger partial charge >= 0.3 is 0 Å². The molecule has 0 rings (SSSR count). The molecule has 2 heteroatoms. The molecule has 0 nitrogen and oxygen atoms in total. The van der Waals surface area contributed by atoms with Crippen LogP contribution in [0.25, 0.3) is 0 Å². The van der Waals surface area contributed by atoms with Crippen LogP contribution in [0.1, 0.15) is 6.92 Å². The Morgan fingerprint density at radius 3 is 2.20 bits per heavy atom. The molecule has 0 aliphatic rings. The van der Waals surface area contributed by atoms with Crippen LogP contribution >= 0.6 is 24.4 Å². The van der Waals surface area contributed by atoms with Gasteiger partial charge in [0.05, 0.1) is 9.73 Å². The Labute approximate surface area is 101 Å². The molecule has 0 aliphatic heterocycles. The van der Waals surface area contributed by atoms with Crippen molar-refractivity contribution >= 4 is 34.2 Å². The van der Waals surface area contributed by atoms with E-state index in [1.54, 1.807) is 19.1 Å². The topological polar surface area (TPSA) is 0 Å². The molecule has 0 spiro atoms. The first-order valence-electron chi connectivity index (χ1n) is 4.02. The van der Waals surface area contributed by atoms with Gasteiger partial charge in [0.1, 0.15) is 0 Å². The average Bonchev–Trinajstić information content (AvgIpc) is 2.22. The largest absolute Gasteiger partial charge is 0.100 e. The lowest BCUT2D eigenvalue weighted by Crippen LogP contribution is -1.86. The van der Waals surface area contributed by atoms with E-state index in [-0.39, 0.29) is 0 Å². The third-order valence-corrected chi connectivity index (χ3v) is 1.53. The summed E-state index contributed by atoms with van der Waals surface area (Å²) in [5.41, 5.74) is 0. The van der Waals surface area contributed by atoms with Gasteiger partial charge in [0.2, 0.25) is 0 Å². The summed E-state index contributed by atoms with van der Waals surface area (Å²) in [5.74, 6) is 15.9. The Bertz CT molecular complexity index is 474. The Morgan fingerprint density at radius 2 is 1.67 bits per heavy atom. The molecule has 0 aromatic carbocycles. The second-order valence-electron chi connectivity index (χ2n) is 2.16. The molecule has 0 aromatic rings. The molecule has 0 aliphatic carbocycles. The Kier molecular flexibility index (Phi) is 7.93. The first kappa shape index (κ1) is 13.3. The highest BCUT2D eigenvalue weighted by atomic mass is 32.1. The number of hydrogen-bond acceptors (Lipinski definition) is 2. The highest BCUT2D eigenvalue weighted by molar-refractivity contribution is 7.81. The molecule has 0 unspecified atom stereocenters. The first-order valence-corrected chi connectivity index (χ1v) is 4.83. The zero-order valence-corrected chi connectivity index (χ0v) is 9.89. The van der Waals surface area contributed by atoms with Crippen LogP contribution in [-0.2, 0) is 0 Å². The van der Waals surface area contributed by atoms with E-state index in [0.717, 1.165) is 0 Å². The minimum Gasteiger partial charge on any atom is -0.100 e. The lowest BCUT2D eigenvalue weighted by atomic mass is 10.3. The van der Waals surface area contributed by atoms with Crippen molar-refractivity contribution in [3.8, 4) is 35.5 Å². The molecule has 0 radical (unpaired) electrons. The van der Waals surface area contributed by atoms with Crippen molar-refractivity contribution in [2.75, 3.05) is 0 Å². The minimum atomic E-state index is 0.480. The van der Waals surface area contributed by atoms with Crippen LogP contribution in [0.4, 0.5) is 0 Å². The molecule has 0 atom stereocenters. The fourth-order valence-corrected chi connectivity index (χ4v) is 0.827. The molecule has 0 saturated heterocycles. The summed E-state index contributed by atoms with van der Waals surface area (Å²) < 4.78 is 0. The van der Waals surface area contributed by atoms with Crippen LogP contribution < -0.4 is 0 Å². The van der Waals surface area contributed by atoms with Crippen molar-refractivity contribution in [2.24, 2.45) is 0 Å². The number of rotatable bonds is 2. The quantitative estimate of drug-likeness (QED) is 0.404. The van der Waals surface area contributed by atoms with Gasteiger partial charge < -0.3 is 0 Å². The lowest BCUT2D eigenvalue weighted by molar-refractivity contribution is 1.93.